The Bertz CT molecular complexity index is 931. The number of amides is 1. The van der Waals surface area contributed by atoms with E-state index < -0.39 is 5.91 Å². The minimum atomic E-state index is -0.429. The molecule has 1 aromatic heterocycles. The molecule has 1 saturated carbocycles. The van der Waals surface area contributed by atoms with Gasteiger partial charge in [0.2, 0.25) is 0 Å². The second-order valence-electron chi connectivity index (χ2n) is 6.07. The van der Waals surface area contributed by atoms with Crippen molar-refractivity contribution < 1.29 is 19.1 Å². The molecule has 8 nitrogen and oxygen atoms in total. The molecule has 8 heteroatoms. The molecule has 2 aromatic rings. The number of methoxy groups -OCH3 is 1. The summed E-state index contributed by atoms with van der Waals surface area (Å²) >= 11 is 0. The number of rotatable bonds is 7. The highest BCUT2D eigenvalue weighted by Crippen LogP contribution is 2.34. The van der Waals surface area contributed by atoms with E-state index in [-0.39, 0.29) is 24.0 Å². The van der Waals surface area contributed by atoms with E-state index in [0.717, 1.165) is 12.8 Å². The van der Waals surface area contributed by atoms with Crippen LogP contribution in [-0.2, 0) is 16.1 Å². The van der Waals surface area contributed by atoms with Crippen LogP contribution in [0.15, 0.2) is 52.5 Å². The van der Waals surface area contributed by atoms with Gasteiger partial charge in [0.25, 0.3) is 11.5 Å². The van der Waals surface area contributed by atoms with E-state index in [0.29, 0.717) is 17.1 Å². The molecular formula is C19H19N3O5. The van der Waals surface area contributed by atoms with E-state index in [4.69, 9.17) is 9.47 Å². The quantitative estimate of drug-likeness (QED) is 0.343. The van der Waals surface area contributed by atoms with E-state index in [9.17, 15) is 14.4 Å². The zero-order valence-corrected chi connectivity index (χ0v) is 14.8. The van der Waals surface area contributed by atoms with Gasteiger partial charge < -0.3 is 14.0 Å². The number of nitrogens with one attached hydrogen (secondary N) is 1. The lowest BCUT2D eigenvalue weighted by atomic mass is 10.2. The third-order valence-corrected chi connectivity index (χ3v) is 3.92. The number of aromatic nitrogens is 1. The van der Waals surface area contributed by atoms with Crippen molar-refractivity contribution in [1.29, 1.82) is 0 Å². The number of carbonyl (C=O) groups is 2. The molecule has 0 spiro atoms. The van der Waals surface area contributed by atoms with Crippen molar-refractivity contribution in [1.82, 2.24) is 9.99 Å². The summed E-state index contributed by atoms with van der Waals surface area (Å²) in [4.78, 5) is 35.2. The van der Waals surface area contributed by atoms with Gasteiger partial charge in [0.15, 0.2) is 11.5 Å². The lowest BCUT2D eigenvalue weighted by molar-refractivity contribution is -0.135. The predicted molar refractivity (Wildman–Crippen MR) is 97.8 cm³/mol. The van der Waals surface area contributed by atoms with Gasteiger partial charge >= 0.3 is 5.97 Å². The van der Waals surface area contributed by atoms with Crippen LogP contribution in [0.2, 0.25) is 0 Å². The molecule has 1 aliphatic carbocycles. The first kappa shape index (κ1) is 18.4. The standard InChI is InChI=1S/C19H19N3O5/c1-26-16-10-13(5-8-15(16)27-19(25)14-6-7-14)11-20-21-17(23)12-22-9-3-2-4-18(22)24/h2-5,8-11,14H,6-7,12H2,1H3,(H,21,23)/b20-11-. The van der Waals surface area contributed by atoms with Gasteiger partial charge in [-0.1, -0.05) is 6.07 Å². The second kappa shape index (κ2) is 8.31. The average Bonchev–Trinajstić information content (AvgIpc) is 3.50. The maximum Gasteiger partial charge on any atom is 0.314 e. The van der Waals surface area contributed by atoms with E-state index in [1.807, 2.05) is 0 Å². The molecule has 0 saturated heterocycles. The molecule has 0 atom stereocenters. The first-order valence-electron chi connectivity index (χ1n) is 8.44. The highest BCUT2D eigenvalue weighted by Gasteiger charge is 2.32. The Hall–Kier alpha value is -3.42. The summed E-state index contributed by atoms with van der Waals surface area (Å²) in [5.74, 6) is 0.0528. The van der Waals surface area contributed by atoms with E-state index >= 15 is 0 Å². The Labute approximate surface area is 155 Å². The molecule has 1 aromatic carbocycles. The van der Waals surface area contributed by atoms with Crippen molar-refractivity contribution in [2.24, 2.45) is 11.0 Å². The van der Waals surface area contributed by atoms with Gasteiger partial charge in [-0.2, -0.15) is 5.10 Å². The molecule has 0 aliphatic heterocycles. The fourth-order valence-electron chi connectivity index (χ4n) is 2.32. The zero-order valence-electron chi connectivity index (χ0n) is 14.8. The van der Waals surface area contributed by atoms with Crippen LogP contribution >= 0.6 is 0 Å². The van der Waals surface area contributed by atoms with Crippen molar-refractivity contribution in [2.75, 3.05) is 7.11 Å². The average molecular weight is 369 g/mol. The highest BCUT2D eigenvalue weighted by atomic mass is 16.6. The maximum atomic E-state index is 11.9. The number of benzene rings is 1. The number of carbonyl (C=O) groups excluding carboxylic acids is 2. The van der Waals surface area contributed by atoms with Crippen molar-refractivity contribution in [3.05, 3.63) is 58.5 Å². The first-order chi connectivity index (χ1) is 13.1. The molecule has 0 unspecified atom stereocenters. The number of hydrazone groups is 1. The van der Waals surface area contributed by atoms with Gasteiger partial charge in [0.05, 0.1) is 19.2 Å². The van der Waals surface area contributed by atoms with Crippen LogP contribution in [0.1, 0.15) is 18.4 Å². The summed E-state index contributed by atoms with van der Waals surface area (Å²) in [5, 5.41) is 3.87. The van der Waals surface area contributed by atoms with Gasteiger partial charge in [0, 0.05) is 12.3 Å². The zero-order chi connectivity index (χ0) is 19.2. The molecule has 3 rings (SSSR count). The summed E-state index contributed by atoms with van der Waals surface area (Å²) in [6, 6.07) is 9.60. The van der Waals surface area contributed by atoms with Gasteiger partial charge in [-0.05, 0) is 42.7 Å². The monoisotopic (exact) mass is 369 g/mol. The second-order valence-corrected chi connectivity index (χ2v) is 6.07. The molecule has 0 radical (unpaired) electrons. The Kier molecular flexibility index (Phi) is 5.65. The normalized spacial score (nSPS) is 13.4. The summed E-state index contributed by atoms with van der Waals surface area (Å²) < 4.78 is 11.8. The fourth-order valence-corrected chi connectivity index (χ4v) is 2.32. The van der Waals surface area contributed by atoms with Gasteiger partial charge in [-0.25, -0.2) is 5.43 Å². The van der Waals surface area contributed by atoms with Crippen LogP contribution in [0.4, 0.5) is 0 Å². The highest BCUT2D eigenvalue weighted by molar-refractivity contribution is 5.84. The minimum absolute atomic E-state index is 0.0109. The smallest absolute Gasteiger partial charge is 0.314 e. The Morgan fingerprint density at radius 2 is 2.07 bits per heavy atom. The number of nitrogens with zero attached hydrogens (tertiary/aromatic N) is 2. The topological polar surface area (TPSA) is 99.0 Å². The number of ether oxygens (including phenoxy) is 2. The maximum absolute atomic E-state index is 11.9. The fraction of sp³-hybridized carbons (Fsp3) is 0.263. The number of hydrogen-bond donors (Lipinski definition) is 1. The van der Waals surface area contributed by atoms with Crippen LogP contribution in [0, 0.1) is 5.92 Å². The number of pyridine rings is 1. The molecular weight excluding hydrogens is 350 g/mol. The van der Waals surface area contributed by atoms with E-state index in [1.54, 1.807) is 30.3 Å². The molecule has 0 bridgehead atoms. The van der Waals surface area contributed by atoms with Crippen LogP contribution in [0.25, 0.3) is 0 Å². The van der Waals surface area contributed by atoms with Crippen molar-refractivity contribution in [3.8, 4) is 11.5 Å². The lowest BCUT2D eigenvalue weighted by Gasteiger charge is -2.09. The largest absolute Gasteiger partial charge is 0.493 e. The van der Waals surface area contributed by atoms with Crippen molar-refractivity contribution in [2.45, 2.75) is 19.4 Å². The van der Waals surface area contributed by atoms with Gasteiger partial charge in [-0.15, -0.1) is 0 Å². The molecule has 1 N–H and O–H groups in total. The van der Waals surface area contributed by atoms with E-state index in [1.165, 1.54) is 30.2 Å². The Morgan fingerprint density at radius 1 is 1.26 bits per heavy atom. The summed E-state index contributed by atoms with van der Waals surface area (Å²) in [6.45, 7) is -0.129. The molecule has 1 fully saturated rings. The SMILES string of the molecule is COc1cc(/C=N\NC(=O)Cn2ccccc2=O)ccc1OC(=O)C1CC1. The third-order valence-electron chi connectivity index (χ3n) is 3.92. The molecule has 1 amide bonds. The van der Waals surface area contributed by atoms with Crippen molar-refractivity contribution in [3.63, 3.8) is 0 Å². The predicted octanol–water partition coefficient (Wildman–Crippen LogP) is 1.32. The molecule has 27 heavy (non-hydrogen) atoms. The minimum Gasteiger partial charge on any atom is -0.493 e. The number of hydrogen-bond acceptors (Lipinski definition) is 6. The first-order valence-corrected chi connectivity index (χ1v) is 8.44. The number of esters is 1. The summed E-state index contributed by atoms with van der Waals surface area (Å²) in [5.41, 5.74) is 2.74. The summed E-state index contributed by atoms with van der Waals surface area (Å²) in [6.07, 6.45) is 4.68. The van der Waals surface area contributed by atoms with Crippen LogP contribution in [0.3, 0.4) is 0 Å². The van der Waals surface area contributed by atoms with Crippen LogP contribution in [0.5, 0.6) is 11.5 Å². The third kappa shape index (κ3) is 5.04. The molecule has 140 valence electrons. The Balaban J connectivity index is 1.59. The van der Waals surface area contributed by atoms with Gasteiger partial charge in [-0.3, -0.25) is 14.4 Å². The van der Waals surface area contributed by atoms with Gasteiger partial charge in [0.1, 0.15) is 6.54 Å². The Morgan fingerprint density at radius 3 is 2.78 bits per heavy atom. The van der Waals surface area contributed by atoms with E-state index in [2.05, 4.69) is 10.5 Å². The summed E-state index contributed by atoms with van der Waals surface area (Å²) in [7, 11) is 1.48. The lowest BCUT2D eigenvalue weighted by Crippen LogP contribution is -2.28. The molecule has 1 heterocycles. The van der Waals surface area contributed by atoms with Crippen LogP contribution in [-0.4, -0.2) is 29.8 Å². The van der Waals surface area contributed by atoms with Crippen molar-refractivity contribution >= 4 is 18.1 Å². The molecule has 1 aliphatic rings. The van der Waals surface area contributed by atoms with Crippen LogP contribution < -0.4 is 20.5 Å².